The zero-order chi connectivity index (χ0) is 17.6. The standard InChI is InChI=1S/C16H21N3O2.CH2O2/c1-16(10-21-11-16)15(20)17-9-5-8-14-18-12-6-3-4-7-13(12)19(14)2;2-1-3/h3-4,6-7H,5,8-11H2,1-2H3,(H,17,20);1H,(H,2,3). The summed E-state index contributed by atoms with van der Waals surface area (Å²) >= 11 is 0. The molecule has 2 N–H and O–H groups in total. The highest BCUT2D eigenvalue weighted by Gasteiger charge is 2.40. The third kappa shape index (κ3) is 3.91. The van der Waals surface area contributed by atoms with Crippen molar-refractivity contribution in [3.05, 3.63) is 30.1 Å². The first-order valence-corrected chi connectivity index (χ1v) is 7.86. The molecule has 0 radical (unpaired) electrons. The molecule has 1 amide bonds. The highest BCUT2D eigenvalue weighted by atomic mass is 16.5. The minimum Gasteiger partial charge on any atom is -0.483 e. The fourth-order valence-electron chi connectivity index (χ4n) is 2.62. The summed E-state index contributed by atoms with van der Waals surface area (Å²) in [7, 11) is 2.04. The molecular formula is C17H23N3O4. The molecule has 0 saturated carbocycles. The van der Waals surface area contributed by atoms with Gasteiger partial charge in [0, 0.05) is 20.0 Å². The van der Waals surface area contributed by atoms with Gasteiger partial charge in [-0.15, -0.1) is 0 Å². The van der Waals surface area contributed by atoms with Crippen molar-refractivity contribution in [2.24, 2.45) is 12.5 Å². The first kappa shape index (κ1) is 17.9. The summed E-state index contributed by atoms with van der Waals surface area (Å²) in [4.78, 5) is 25.0. The summed E-state index contributed by atoms with van der Waals surface area (Å²) in [6.07, 6.45) is 1.75. The molecule has 3 rings (SSSR count). The number of benzene rings is 1. The van der Waals surface area contributed by atoms with Crippen LogP contribution in [0.3, 0.4) is 0 Å². The van der Waals surface area contributed by atoms with E-state index in [-0.39, 0.29) is 17.8 Å². The number of nitrogens with zero attached hydrogens (tertiary/aromatic N) is 2. The van der Waals surface area contributed by atoms with Gasteiger partial charge in [-0.1, -0.05) is 12.1 Å². The van der Waals surface area contributed by atoms with Gasteiger partial charge in [-0.05, 0) is 25.5 Å². The maximum absolute atomic E-state index is 12.0. The number of amides is 1. The highest BCUT2D eigenvalue weighted by Crippen LogP contribution is 2.26. The minimum absolute atomic E-state index is 0.0961. The van der Waals surface area contributed by atoms with Crippen LogP contribution in [0.4, 0.5) is 0 Å². The van der Waals surface area contributed by atoms with Gasteiger partial charge >= 0.3 is 0 Å². The molecule has 1 aromatic heterocycles. The predicted octanol–water partition coefficient (Wildman–Crippen LogP) is 1.36. The third-order valence-corrected chi connectivity index (χ3v) is 4.13. The van der Waals surface area contributed by atoms with Crippen molar-refractivity contribution in [3.63, 3.8) is 0 Å². The van der Waals surface area contributed by atoms with Crippen LogP contribution in [0.5, 0.6) is 0 Å². The van der Waals surface area contributed by atoms with E-state index in [9.17, 15) is 4.79 Å². The second kappa shape index (κ2) is 7.92. The van der Waals surface area contributed by atoms with E-state index in [4.69, 9.17) is 14.6 Å². The molecule has 1 aliphatic heterocycles. The fraction of sp³-hybridized carbons (Fsp3) is 0.471. The van der Waals surface area contributed by atoms with E-state index in [1.54, 1.807) is 0 Å². The molecule has 2 heterocycles. The number of carbonyl (C=O) groups excluding carboxylic acids is 1. The number of hydrogen-bond acceptors (Lipinski definition) is 4. The van der Waals surface area contributed by atoms with Crippen LogP contribution in [0.25, 0.3) is 11.0 Å². The predicted molar refractivity (Wildman–Crippen MR) is 89.7 cm³/mol. The summed E-state index contributed by atoms with van der Waals surface area (Å²) in [5, 5.41) is 9.88. The van der Waals surface area contributed by atoms with E-state index < -0.39 is 0 Å². The Bertz CT molecular complexity index is 707. The Kier molecular flexibility index (Phi) is 5.92. The number of carbonyl (C=O) groups is 2. The van der Waals surface area contributed by atoms with E-state index >= 15 is 0 Å². The molecule has 24 heavy (non-hydrogen) atoms. The van der Waals surface area contributed by atoms with Gasteiger partial charge in [0.05, 0.1) is 29.7 Å². The SMILES string of the molecule is Cn1c(CCCNC(=O)C2(C)COC2)nc2ccccc21.O=CO. The van der Waals surface area contributed by atoms with E-state index in [2.05, 4.69) is 20.9 Å². The zero-order valence-corrected chi connectivity index (χ0v) is 14.0. The molecule has 2 aromatic rings. The summed E-state index contributed by atoms with van der Waals surface area (Å²) in [5.74, 6) is 1.15. The number of aryl methyl sites for hydroxylation is 2. The maximum atomic E-state index is 12.0. The van der Waals surface area contributed by atoms with Gasteiger partial charge in [-0.25, -0.2) is 4.98 Å². The Hall–Kier alpha value is -2.41. The van der Waals surface area contributed by atoms with Crippen LogP contribution in [-0.2, 0) is 27.8 Å². The van der Waals surface area contributed by atoms with Crippen LogP contribution < -0.4 is 5.32 Å². The average molecular weight is 333 g/mol. The van der Waals surface area contributed by atoms with Gasteiger partial charge in [0.25, 0.3) is 6.47 Å². The molecule has 1 aromatic carbocycles. The number of hydrogen-bond donors (Lipinski definition) is 2. The molecule has 0 unspecified atom stereocenters. The van der Waals surface area contributed by atoms with Gasteiger partial charge in [0.15, 0.2) is 0 Å². The zero-order valence-electron chi connectivity index (χ0n) is 14.0. The third-order valence-electron chi connectivity index (χ3n) is 4.13. The van der Waals surface area contributed by atoms with Crippen molar-refractivity contribution >= 4 is 23.4 Å². The second-order valence-electron chi connectivity index (χ2n) is 6.09. The number of fused-ring (bicyclic) bond motifs is 1. The Labute approximate surface area is 140 Å². The lowest BCUT2D eigenvalue weighted by molar-refractivity contribution is -0.157. The Morgan fingerprint density at radius 2 is 2.12 bits per heavy atom. The molecule has 0 spiro atoms. The van der Waals surface area contributed by atoms with Crippen LogP contribution in [-0.4, -0.2) is 46.8 Å². The fourth-order valence-corrected chi connectivity index (χ4v) is 2.62. The van der Waals surface area contributed by atoms with E-state index in [0.29, 0.717) is 19.8 Å². The molecule has 0 bridgehead atoms. The molecule has 7 heteroatoms. The summed E-state index contributed by atoms with van der Waals surface area (Å²) in [5.41, 5.74) is 1.85. The van der Waals surface area contributed by atoms with Gasteiger partial charge in [0.2, 0.25) is 5.91 Å². The number of ether oxygens (including phenoxy) is 1. The van der Waals surface area contributed by atoms with Gasteiger partial charge in [-0.3, -0.25) is 9.59 Å². The molecular weight excluding hydrogens is 310 g/mol. The Morgan fingerprint density at radius 3 is 2.71 bits per heavy atom. The molecule has 130 valence electrons. The lowest BCUT2D eigenvalue weighted by atomic mass is 9.87. The van der Waals surface area contributed by atoms with Crippen molar-refractivity contribution in [1.82, 2.24) is 14.9 Å². The molecule has 0 aliphatic carbocycles. The number of nitrogens with one attached hydrogen (secondary N) is 1. The van der Waals surface area contributed by atoms with Crippen molar-refractivity contribution in [2.45, 2.75) is 19.8 Å². The van der Waals surface area contributed by atoms with Gasteiger partial charge < -0.3 is 19.7 Å². The van der Waals surface area contributed by atoms with Crippen LogP contribution in [0.15, 0.2) is 24.3 Å². The second-order valence-corrected chi connectivity index (χ2v) is 6.09. The normalized spacial score (nSPS) is 15.1. The van der Waals surface area contributed by atoms with Crippen LogP contribution in [0.1, 0.15) is 19.2 Å². The van der Waals surface area contributed by atoms with Gasteiger partial charge in [0.1, 0.15) is 5.82 Å². The number of para-hydroxylation sites is 2. The number of rotatable bonds is 5. The lowest BCUT2D eigenvalue weighted by Crippen LogP contribution is -2.52. The monoisotopic (exact) mass is 333 g/mol. The summed E-state index contributed by atoms with van der Waals surface area (Å²) < 4.78 is 7.23. The van der Waals surface area contributed by atoms with Crippen LogP contribution in [0.2, 0.25) is 0 Å². The van der Waals surface area contributed by atoms with E-state index in [1.165, 1.54) is 0 Å². The van der Waals surface area contributed by atoms with E-state index in [0.717, 1.165) is 29.7 Å². The maximum Gasteiger partial charge on any atom is 0.290 e. The first-order chi connectivity index (χ1) is 11.5. The van der Waals surface area contributed by atoms with Crippen molar-refractivity contribution in [3.8, 4) is 0 Å². The highest BCUT2D eigenvalue weighted by molar-refractivity contribution is 5.83. The van der Waals surface area contributed by atoms with Crippen molar-refractivity contribution in [1.29, 1.82) is 0 Å². The lowest BCUT2D eigenvalue weighted by Gasteiger charge is -2.36. The first-order valence-electron chi connectivity index (χ1n) is 7.86. The van der Waals surface area contributed by atoms with Crippen molar-refractivity contribution < 1.29 is 19.4 Å². The molecule has 1 saturated heterocycles. The topological polar surface area (TPSA) is 93.5 Å². The van der Waals surface area contributed by atoms with Crippen LogP contribution >= 0.6 is 0 Å². The molecule has 1 fully saturated rings. The Morgan fingerprint density at radius 1 is 1.46 bits per heavy atom. The smallest absolute Gasteiger partial charge is 0.290 e. The summed E-state index contributed by atoms with van der Waals surface area (Å²) in [6, 6.07) is 8.12. The van der Waals surface area contributed by atoms with Crippen LogP contribution in [0, 0.1) is 5.41 Å². The minimum atomic E-state index is -0.322. The van der Waals surface area contributed by atoms with E-state index in [1.807, 2.05) is 32.2 Å². The Balaban J connectivity index is 0.000000647. The number of imidazole rings is 1. The number of carboxylic acid groups (broad SMARTS) is 1. The van der Waals surface area contributed by atoms with Crippen molar-refractivity contribution in [2.75, 3.05) is 19.8 Å². The molecule has 1 aliphatic rings. The average Bonchev–Trinajstić information content (AvgIpc) is 2.86. The number of aromatic nitrogens is 2. The van der Waals surface area contributed by atoms with Gasteiger partial charge in [-0.2, -0.15) is 0 Å². The quantitative estimate of drug-likeness (QED) is 0.636. The summed E-state index contributed by atoms with van der Waals surface area (Å²) in [6.45, 7) is 3.43. The largest absolute Gasteiger partial charge is 0.483 e. The molecule has 7 nitrogen and oxygen atoms in total. The molecule has 0 atom stereocenters.